The molecule has 0 saturated carbocycles. The molecule has 0 saturated heterocycles. The second kappa shape index (κ2) is 8.73. The molecule has 0 fully saturated rings. The van der Waals surface area contributed by atoms with Crippen LogP contribution in [0.4, 0.5) is 0 Å². The minimum absolute atomic E-state index is 0. The van der Waals surface area contributed by atoms with Crippen LogP contribution in [0.15, 0.2) is 48.5 Å². The SMILES string of the molecule is CC(C)(C)N[Si](C)(C)C1C=C(c2ccccc2)c2cc3c(cc21)CCC3.[H-].[H-].[Li+].[Li+]. The summed E-state index contributed by atoms with van der Waals surface area (Å²) in [4.78, 5) is 4.01. The van der Waals surface area contributed by atoms with Gasteiger partial charge < -0.3 is 7.84 Å². The molecule has 4 rings (SSSR count). The third-order valence-corrected chi connectivity index (χ3v) is 9.21. The summed E-state index contributed by atoms with van der Waals surface area (Å²) >= 11 is 0. The number of hydrogen-bond acceptors (Lipinski definition) is 1. The number of rotatable bonds is 3. The standard InChI is InChI=1S/C24H31NSi.2Li.2H/c1-24(2,3)25-26(4,5)23-16-20(17-10-7-6-8-11-17)21-14-18-12-9-13-19(18)15-22(21)23;;;;/h6-8,10-11,14-16,23,25H,9,12-13H2,1-5H3;;;;/q;2*+1;2*-1. The fraction of sp³-hybridized carbons (Fsp3) is 0.417. The molecule has 0 heterocycles. The van der Waals surface area contributed by atoms with Gasteiger partial charge in [-0.25, -0.2) is 0 Å². The molecule has 2 aliphatic rings. The van der Waals surface area contributed by atoms with Gasteiger partial charge in [0.25, 0.3) is 0 Å². The minimum Gasteiger partial charge on any atom is -1.00 e. The van der Waals surface area contributed by atoms with Crippen LogP contribution in [-0.4, -0.2) is 13.8 Å². The predicted octanol–water partition coefficient (Wildman–Crippen LogP) is 0.0696. The van der Waals surface area contributed by atoms with Gasteiger partial charge >= 0.3 is 37.7 Å². The van der Waals surface area contributed by atoms with Crippen molar-refractivity contribution < 1.29 is 40.6 Å². The van der Waals surface area contributed by atoms with Gasteiger partial charge in [0.15, 0.2) is 0 Å². The van der Waals surface area contributed by atoms with Gasteiger partial charge in [-0.1, -0.05) is 61.6 Å². The van der Waals surface area contributed by atoms with E-state index in [1.807, 2.05) is 0 Å². The molecule has 0 aromatic heterocycles. The van der Waals surface area contributed by atoms with Crippen LogP contribution in [0.3, 0.4) is 0 Å². The van der Waals surface area contributed by atoms with Gasteiger partial charge in [-0.05, 0) is 73.4 Å². The Hall–Kier alpha value is -0.448. The molecular weight excluding hydrogens is 344 g/mol. The molecule has 2 aliphatic carbocycles. The van der Waals surface area contributed by atoms with E-state index < -0.39 is 8.24 Å². The summed E-state index contributed by atoms with van der Waals surface area (Å²) in [6, 6.07) is 16.0. The van der Waals surface area contributed by atoms with E-state index in [-0.39, 0.29) is 46.1 Å². The largest absolute Gasteiger partial charge is 1.00 e. The van der Waals surface area contributed by atoms with Crippen molar-refractivity contribution >= 4 is 13.8 Å². The average molecular weight is 378 g/mol. The van der Waals surface area contributed by atoms with E-state index >= 15 is 0 Å². The Balaban J connectivity index is 0.00000210. The van der Waals surface area contributed by atoms with Crippen molar-refractivity contribution in [2.75, 3.05) is 0 Å². The van der Waals surface area contributed by atoms with Crippen LogP contribution in [0.2, 0.25) is 13.1 Å². The summed E-state index contributed by atoms with van der Waals surface area (Å²) in [5.41, 5.74) is 9.70. The van der Waals surface area contributed by atoms with Crippen molar-refractivity contribution in [2.45, 2.75) is 64.2 Å². The summed E-state index contributed by atoms with van der Waals surface area (Å²) in [5, 5.41) is 0. The number of allylic oxidation sites excluding steroid dienone is 1. The Morgan fingerprint density at radius 2 is 1.57 bits per heavy atom. The Bertz CT molecular complexity index is 877. The van der Waals surface area contributed by atoms with Gasteiger partial charge in [-0.15, -0.1) is 0 Å². The van der Waals surface area contributed by atoms with E-state index in [1.54, 1.807) is 16.7 Å². The van der Waals surface area contributed by atoms with Crippen LogP contribution in [0.25, 0.3) is 5.57 Å². The summed E-state index contributed by atoms with van der Waals surface area (Å²) in [7, 11) is -1.69. The van der Waals surface area contributed by atoms with Gasteiger partial charge in [-0.3, -0.25) is 0 Å². The van der Waals surface area contributed by atoms with E-state index in [9.17, 15) is 0 Å². The van der Waals surface area contributed by atoms with Crippen molar-refractivity contribution in [1.82, 2.24) is 4.98 Å². The van der Waals surface area contributed by atoms with Crippen LogP contribution in [0.1, 0.15) is 63.4 Å². The molecule has 0 aliphatic heterocycles. The molecule has 0 radical (unpaired) electrons. The molecule has 0 amide bonds. The zero-order valence-corrected chi connectivity index (χ0v) is 19.8. The number of aryl methyl sites for hydroxylation is 2. The maximum Gasteiger partial charge on any atom is 1.00 e. The summed E-state index contributed by atoms with van der Waals surface area (Å²) in [6.07, 6.45) is 6.38. The third-order valence-electron chi connectivity index (χ3n) is 5.78. The zero-order chi connectivity index (χ0) is 18.5. The van der Waals surface area contributed by atoms with Crippen LogP contribution in [-0.2, 0) is 12.8 Å². The first-order valence-corrected chi connectivity index (χ1v) is 13.0. The van der Waals surface area contributed by atoms with Gasteiger partial charge in [0.1, 0.15) is 8.24 Å². The van der Waals surface area contributed by atoms with Gasteiger partial charge in [-0.2, -0.15) is 0 Å². The minimum atomic E-state index is -1.69. The molecular formula is C24H33Li2NSi. The van der Waals surface area contributed by atoms with Crippen molar-refractivity contribution in [3.05, 3.63) is 76.4 Å². The topological polar surface area (TPSA) is 12.0 Å². The zero-order valence-electron chi connectivity index (χ0n) is 20.8. The molecule has 1 nitrogen and oxygen atoms in total. The molecule has 0 spiro atoms. The van der Waals surface area contributed by atoms with E-state index in [2.05, 4.69) is 87.4 Å². The molecule has 2 aromatic rings. The summed E-state index contributed by atoms with van der Waals surface area (Å²) in [5.74, 6) is 0. The third kappa shape index (κ3) is 4.65. The maximum absolute atomic E-state index is 4.01. The van der Waals surface area contributed by atoms with Crippen LogP contribution >= 0.6 is 0 Å². The molecule has 140 valence electrons. The monoisotopic (exact) mass is 377 g/mol. The van der Waals surface area contributed by atoms with Crippen LogP contribution in [0.5, 0.6) is 0 Å². The second-order valence-electron chi connectivity index (χ2n) is 9.58. The van der Waals surface area contributed by atoms with Gasteiger partial charge in [0.05, 0.1) is 0 Å². The molecule has 1 N–H and O–H groups in total. The predicted molar refractivity (Wildman–Crippen MR) is 117 cm³/mol. The first kappa shape index (κ1) is 23.8. The maximum atomic E-state index is 4.01. The van der Waals surface area contributed by atoms with E-state index in [0.717, 1.165) is 0 Å². The number of benzene rings is 2. The van der Waals surface area contributed by atoms with Gasteiger partial charge in [0.2, 0.25) is 0 Å². The van der Waals surface area contributed by atoms with E-state index in [4.69, 9.17) is 0 Å². The van der Waals surface area contributed by atoms with E-state index in [0.29, 0.717) is 5.54 Å². The smallest absolute Gasteiger partial charge is 1.00 e. The van der Waals surface area contributed by atoms with Crippen molar-refractivity contribution in [2.24, 2.45) is 0 Å². The van der Waals surface area contributed by atoms with E-state index in [1.165, 1.54) is 36.0 Å². The molecule has 2 aromatic carbocycles. The summed E-state index contributed by atoms with van der Waals surface area (Å²) < 4.78 is 0. The van der Waals surface area contributed by atoms with Crippen LogP contribution < -0.4 is 42.7 Å². The quantitative estimate of drug-likeness (QED) is 0.747. The molecule has 1 atom stereocenters. The Labute approximate surface area is 199 Å². The Morgan fingerprint density at radius 1 is 0.964 bits per heavy atom. The second-order valence-corrected chi connectivity index (χ2v) is 13.9. The Kier molecular flexibility index (Phi) is 7.43. The first-order chi connectivity index (χ1) is 12.2. The molecule has 1 unspecified atom stereocenters. The average Bonchev–Trinajstić information content (AvgIpc) is 3.15. The Morgan fingerprint density at radius 3 is 2.18 bits per heavy atom. The van der Waals surface area contributed by atoms with Gasteiger partial charge in [0, 0.05) is 11.1 Å². The van der Waals surface area contributed by atoms with Crippen molar-refractivity contribution in [3.63, 3.8) is 0 Å². The number of fused-ring (bicyclic) bond motifs is 2. The summed E-state index contributed by atoms with van der Waals surface area (Å²) in [6.45, 7) is 11.9. The van der Waals surface area contributed by atoms with Crippen molar-refractivity contribution in [3.8, 4) is 0 Å². The first-order valence-electron chi connectivity index (χ1n) is 9.97. The number of nitrogens with one attached hydrogen (secondary N) is 1. The van der Waals surface area contributed by atoms with Crippen LogP contribution in [0, 0.1) is 0 Å². The fourth-order valence-corrected chi connectivity index (χ4v) is 8.68. The molecule has 28 heavy (non-hydrogen) atoms. The number of hydrogen-bond donors (Lipinski definition) is 1. The normalized spacial score (nSPS) is 17.9. The molecule has 4 heteroatoms. The fourth-order valence-electron chi connectivity index (χ4n) is 4.99. The molecule has 0 bridgehead atoms. The van der Waals surface area contributed by atoms with Crippen molar-refractivity contribution in [1.29, 1.82) is 0 Å².